The van der Waals surface area contributed by atoms with E-state index in [0.717, 1.165) is 4.90 Å². The molecule has 1 aliphatic heterocycles. The number of hydrogen-bond donors (Lipinski definition) is 2. The minimum atomic E-state index is -3.58. The van der Waals surface area contributed by atoms with E-state index in [9.17, 15) is 18.4 Å². The van der Waals surface area contributed by atoms with Gasteiger partial charge in [0.05, 0.1) is 31.1 Å². The number of carbonyl (C=O) groups excluding carboxylic acids is 1. The van der Waals surface area contributed by atoms with Crippen LogP contribution in [0.1, 0.15) is 24.2 Å². The van der Waals surface area contributed by atoms with Gasteiger partial charge in [0.2, 0.25) is 5.95 Å². The van der Waals surface area contributed by atoms with Crippen molar-refractivity contribution < 1.29 is 28.2 Å². The number of halogens is 3. The minimum absolute atomic E-state index is 0. The molecule has 2 aromatic rings. The van der Waals surface area contributed by atoms with E-state index in [0.29, 0.717) is 5.69 Å². The second-order valence-electron chi connectivity index (χ2n) is 7.04. The first-order valence-electron chi connectivity index (χ1n) is 9.03. The zero-order chi connectivity index (χ0) is 22.2. The smallest absolute Gasteiger partial charge is 0.342 e. The number of carboxylic acid groups (broad SMARTS) is 1. The Bertz CT molecular complexity index is 1010. The Morgan fingerprint density at radius 1 is 1.35 bits per heavy atom. The lowest BCUT2D eigenvalue weighted by Gasteiger charge is -2.29. The Hall–Kier alpha value is -3.21. The maximum Gasteiger partial charge on any atom is 0.342 e. The summed E-state index contributed by atoms with van der Waals surface area (Å²) < 4.78 is 34.0. The molecule has 0 unspecified atom stereocenters. The molecule has 0 atom stereocenters. The molecule has 12 heteroatoms. The topological polar surface area (TPSA) is 108 Å². The number of fused-ring (bicyclic) bond motifs is 1. The zero-order valence-corrected chi connectivity index (χ0v) is 18.0. The summed E-state index contributed by atoms with van der Waals surface area (Å²) in [4.78, 5) is 34.0. The maximum absolute atomic E-state index is 14.4. The Kier molecular flexibility index (Phi) is 6.89. The van der Waals surface area contributed by atoms with Crippen molar-refractivity contribution in [3.63, 3.8) is 0 Å². The monoisotopic (exact) mass is 457 g/mol. The van der Waals surface area contributed by atoms with Gasteiger partial charge in [-0.15, -0.1) is 12.4 Å². The van der Waals surface area contributed by atoms with Gasteiger partial charge in [-0.05, 0) is 32.0 Å². The van der Waals surface area contributed by atoms with Crippen molar-refractivity contribution >= 4 is 47.4 Å². The number of anilines is 4. The van der Waals surface area contributed by atoms with Crippen molar-refractivity contribution in [2.75, 3.05) is 35.8 Å². The molecule has 9 nitrogen and oxygen atoms in total. The molecular weight excluding hydrogens is 436 g/mol. The first-order chi connectivity index (χ1) is 14.0. The third-order valence-corrected chi connectivity index (χ3v) is 4.69. The first-order valence-corrected chi connectivity index (χ1v) is 9.03. The predicted molar refractivity (Wildman–Crippen MR) is 113 cm³/mol. The number of nitrogens with one attached hydrogen (secondary N) is 1. The second-order valence-corrected chi connectivity index (χ2v) is 7.04. The van der Waals surface area contributed by atoms with E-state index in [-0.39, 0.29) is 47.2 Å². The summed E-state index contributed by atoms with van der Waals surface area (Å²) in [5.41, 5.74) is 0.583. The molecule has 2 N–H and O–H groups in total. The summed E-state index contributed by atoms with van der Waals surface area (Å²) in [6.45, 7) is 2.63. The van der Waals surface area contributed by atoms with Crippen LogP contribution in [0.4, 0.5) is 31.9 Å². The van der Waals surface area contributed by atoms with Gasteiger partial charge in [0, 0.05) is 13.1 Å². The van der Waals surface area contributed by atoms with Crippen molar-refractivity contribution in [1.29, 1.82) is 0 Å². The molecule has 0 fully saturated rings. The molecule has 1 aliphatic rings. The van der Waals surface area contributed by atoms with Gasteiger partial charge in [-0.25, -0.2) is 9.78 Å². The molecule has 0 saturated carbocycles. The Morgan fingerprint density at radius 3 is 2.61 bits per heavy atom. The van der Waals surface area contributed by atoms with E-state index >= 15 is 0 Å². The van der Waals surface area contributed by atoms with Crippen molar-refractivity contribution in [3.8, 4) is 5.75 Å². The highest BCUT2D eigenvalue weighted by atomic mass is 35.5. The summed E-state index contributed by atoms with van der Waals surface area (Å²) in [5.74, 6) is -5.52. The van der Waals surface area contributed by atoms with E-state index in [2.05, 4.69) is 15.3 Å². The first kappa shape index (κ1) is 24.1. The van der Waals surface area contributed by atoms with Crippen molar-refractivity contribution in [1.82, 2.24) is 9.97 Å². The maximum atomic E-state index is 14.4. The number of aromatic nitrogens is 2. The van der Waals surface area contributed by atoms with Crippen LogP contribution in [0.25, 0.3) is 0 Å². The lowest BCUT2D eigenvalue weighted by molar-refractivity contribution is -0.140. The molecular formula is C19H22ClF2N5O4. The van der Waals surface area contributed by atoms with Crippen LogP contribution in [0, 0.1) is 0 Å². The summed E-state index contributed by atoms with van der Waals surface area (Å²) in [6.07, 6.45) is 1.29. The molecule has 1 amide bonds. The van der Waals surface area contributed by atoms with Gasteiger partial charge in [0.25, 0.3) is 5.91 Å². The normalized spacial score (nSPS) is 15.1. The second kappa shape index (κ2) is 8.88. The molecule has 0 saturated heterocycles. The highest BCUT2D eigenvalue weighted by Gasteiger charge is 2.47. The third kappa shape index (κ3) is 4.61. The van der Waals surface area contributed by atoms with Gasteiger partial charge >= 0.3 is 11.9 Å². The van der Waals surface area contributed by atoms with Crippen LogP contribution in [0.15, 0.2) is 24.4 Å². The van der Waals surface area contributed by atoms with Crippen LogP contribution in [0.3, 0.4) is 0 Å². The van der Waals surface area contributed by atoms with Gasteiger partial charge < -0.3 is 25.0 Å². The Labute approximate surface area is 183 Å². The summed E-state index contributed by atoms with van der Waals surface area (Å²) in [5, 5.41) is 12.0. The number of methoxy groups -OCH3 is 1. The van der Waals surface area contributed by atoms with Crippen LogP contribution >= 0.6 is 12.4 Å². The molecule has 0 spiro atoms. The number of carbonyl (C=O) groups is 2. The predicted octanol–water partition coefficient (Wildman–Crippen LogP) is 3.18. The van der Waals surface area contributed by atoms with Crippen molar-refractivity contribution in [2.45, 2.75) is 25.8 Å². The average Bonchev–Trinajstić information content (AvgIpc) is 2.77. The molecule has 3 rings (SSSR count). The fourth-order valence-electron chi connectivity index (χ4n) is 3.06. The molecule has 0 aliphatic carbocycles. The molecule has 31 heavy (non-hydrogen) atoms. The fraction of sp³-hybridized carbons (Fsp3) is 0.368. The quantitative estimate of drug-likeness (QED) is 0.704. The number of hydrogen-bond acceptors (Lipinski definition) is 7. The SMILES string of the molecule is COc1cc(C(=O)O)ccc1Nc1ncc2c(n1)N(C(C)C)CC(F)(F)C(=O)N2C.Cl. The number of carboxylic acids is 1. The molecule has 168 valence electrons. The third-order valence-electron chi connectivity index (χ3n) is 4.69. The van der Waals surface area contributed by atoms with Crippen LogP contribution in [0.5, 0.6) is 5.75 Å². The number of alkyl halides is 2. The minimum Gasteiger partial charge on any atom is -0.495 e. The highest BCUT2D eigenvalue weighted by molar-refractivity contribution is 6.02. The van der Waals surface area contributed by atoms with E-state index in [1.54, 1.807) is 13.8 Å². The Balaban J connectivity index is 0.00000341. The Morgan fingerprint density at radius 2 is 2.03 bits per heavy atom. The largest absolute Gasteiger partial charge is 0.495 e. The van der Waals surface area contributed by atoms with Crippen LogP contribution < -0.4 is 19.9 Å². The van der Waals surface area contributed by atoms with Crippen LogP contribution in [-0.2, 0) is 4.79 Å². The number of nitrogens with zero attached hydrogens (tertiary/aromatic N) is 4. The van der Waals surface area contributed by atoms with E-state index in [1.807, 2.05) is 0 Å². The van der Waals surface area contributed by atoms with Gasteiger partial charge in [0.1, 0.15) is 11.4 Å². The van der Waals surface area contributed by atoms with E-state index in [1.165, 1.54) is 43.5 Å². The number of rotatable bonds is 5. The standard InChI is InChI=1S/C19H21F2N5O4.ClH/c1-10(2)26-9-19(20,21)17(29)25(3)13-8-22-18(24-15(13)26)23-12-6-5-11(16(27)28)7-14(12)30-4;/h5-8,10H,9H2,1-4H3,(H,27,28)(H,22,23,24);1H. The number of amides is 1. The summed E-state index contributed by atoms with van der Waals surface area (Å²) >= 11 is 0. The lowest BCUT2D eigenvalue weighted by Crippen LogP contribution is -2.47. The number of benzene rings is 1. The molecule has 0 bridgehead atoms. The highest BCUT2D eigenvalue weighted by Crippen LogP contribution is 2.37. The number of ether oxygens (including phenoxy) is 1. The average molecular weight is 458 g/mol. The van der Waals surface area contributed by atoms with Gasteiger partial charge in [-0.3, -0.25) is 4.79 Å². The molecule has 0 radical (unpaired) electrons. The van der Waals surface area contributed by atoms with Crippen molar-refractivity contribution in [3.05, 3.63) is 30.0 Å². The zero-order valence-electron chi connectivity index (χ0n) is 17.2. The van der Waals surface area contributed by atoms with Gasteiger partial charge in [0.15, 0.2) is 5.82 Å². The number of aromatic carboxylic acids is 1. The van der Waals surface area contributed by atoms with Crippen LogP contribution in [0.2, 0.25) is 0 Å². The van der Waals surface area contributed by atoms with E-state index < -0.39 is 24.3 Å². The van der Waals surface area contributed by atoms with E-state index in [4.69, 9.17) is 9.84 Å². The van der Waals surface area contributed by atoms with Gasteiger partial charge in [-0.2, -0.15) is 13.8 Å². The molecule has 1 aromatic carbocycles. The lowest BCUT2D eigenvalue weighted by atomic mass is 10.2. The molecule has 2 heterocycles. The summed E-state index contributed by atoms with van der Waals surface area (Å²) in [6, 6.07) is 3.84. The van der Waals surface area contributed by atoms with Crippen molar-refractivity contribution in [2.24, 2.45) is 0 Å². The van der Waals surface area contributed by atoms with Crippen LogP contribution in [-0.4, -0.2) is 59.6 Å². The fourth-order valence-corrected chi connectivity index (χ4v) is 3.06. The van der Waals surface area contributed by atoms with Gasteiger partial charge in [-0.1, -0.05) is 0 Å². The summed E-state index contributed by atoms with van der Waals surface area (Å²) in [7, 11) is 2.64. The molecule has 1 aromatic heterocycles.